The normalized spacial score (nSPS) is 12.1. The molecule has 1 atom stereocenters. The summed E-state index contributed by atoms with van der Waals surface area (Å²) in [6.07, 6.45) is 1.10. The smallest absolute Gasteiger partial charge is 0.0453 e. The van der Waals surface area contributed by atoms with Gasteiger partial charge >= 0.3 is 0 Å². The number of benzene rings is 2. The number of hydrogen-bond donors (Lipinski definition) is 1. The lowest BCUT2D eigenvalue weighted by molar-refractivity contribution is 0.558. The minimum absolute atomic E-state index is 0.278. The number of anilines is 1. The first kappa shape index (κ1) is 15.9. The van der Waals surface area contributed by atoms with Crippen LogP contribution in [0.5, 0.6) is 0 Å². The van der Waals surface area contributed by atoms with Crippen molar-refractivity contribution in [3.8, 4) is 0 Å². The number of nitrogens with zero attached hydrogens (tertiary/aromatic N) is 1. The highest BCUT2D eigenvalue weighted by Gasteiger charge is 2.08. The van der Waals surface area contributed by atoms with E-state index in [1.165, 1.54) is 5.69 Å². The van der Waals surface area contributed by atoms with E-state index >= 15 is 0 Å². The lowest BCUT2D eigenvalue weighted by Gasteiger charge is -2.20. The number of hydrogen-bond acceptors (Lipinski definition) is 2. The second kappa shape index (κ2) is 8.06. The lowest BCUT2D eigenvalue weighted by atomic mass is 10.1. The summed E-state index contributed by atoms with van der Waals surface area (Å²) in [5.41, 5.74) is 2.42. The summed E-state index contributed by atoms with van der Waals surface area (Å²) in [5, 5.41) is 4.37. The molecule has 2 aromatic carbocycles. The molecule has 0 aliphatic heterocycles. The predicted octanol–water partition coefficient (Wildman–Crippen LogP) is 4.52. The van der Waals surface area contributed by atoms with Crippen LogP contribution in [0.25, 0.3) is 0 Å². The van der Waals surface area contributed by atoms with Gasteiger partial charge in [-0.05, 0) is 43.7 Å². The van der Waals surface area contributed by atoms with Crippen LogP contribution in [-0.2, 0) is 0 Å². The largest absolute Gasteiger partial charge is 0.375 e. The van der Waals surface area contributed by atoms with Crippen LogP contribution in [0.1, 0.15) is 24.9 Å². The van der Waals surface area contributed by atoms with E-state index in [4.69, 9.17) is 11.6 Å². The number of rotatable bonds is 7. The minimum atomic E-state index is 0.278. The Balaban J connectivity index is 1.74. The fourth-order valence-corrected chi connectivity index (χ4v) is 2.68. The van der Waals surface area contributed by atoms with Crippen LogP contribution in [0.15, 0.2) is 54.6 Å². The molecule has 0 heterocycles. The molecule has 0 saturated heterocycles. The molecule has 0 spiro atoms. The Hall–Kier alpha value is -1.51. The summed E-state index contributed by atoms with van der Waals surface area (Å²) in [5.74, 6) is 0. The molecule has 1 unspecified atom stereocenters. The Kier molecular flexibility index (Phi) is 6.09. The molecule has 0 aliphatic rings. The maximum absolute atomic E-state index is 6.21. The zero-order valence-corrected chi connectivity index (χ0v) is 13.5. The van der Waals surface area contributed by atoms with Gasteiger partial charge in [-0.25, -0.2) is 0 Å². The standard InChI is InChI=1S/C18H23ClN2/c1-15(17-11-6-7-12-18(17)19)20-13-8-14-21(2)16-9-4-3-5-10-16/h3-7,9-12,15,20H,8,13-14H2,1-2H3. The Morgan fingerprint density at radius 3 is 2.43 bits per heavy atom. The third kappa shape index (κ3) is 4.76. The van der Waals surface area contributed by atoms with Crippen LogP contribution in [-0.4, -0.2) is 20.1 Å². The zero-order valence-electron chi connectivity index (χ0n) is 12.7. The van der Waals surface area contributed by atoms with Crippen molar-refractivity contribution in [2.75, 3.05) is 25.0 Å². The summed E-state index contributed by atoms with van der Waals surface area (Å²) in [4.78, 5) is 2.28. The molecular formula is C18H23ClN2. The third-order valence-electron chi connectivity index (χ3n) is 3.69. The first-order valence-corrected chi connectivity index (χ1v) is 7.80. The number of halogens is 1. The molecule has 0 aromatic heterocycles. The quantitative estimate of drug-likeness (QED) is 0.757. The molecular weight excluding hydrogens is 280 g/mol. The van der Waals surface area contributed by atoms with Gasteiger partial charge < -0.3 is 10.2 Å². The molecule has 3 heteroatoms. The van der Waals surface area contributed by atoms with Gasteiger partial charge in [-0.2, -0.15) is 0 Å². The van der Waals surface area contributed by atoms with Gasteiger partial charge in [0.15, 0.2) is 0 Å². The Labute approximate surface area is 132 Å². The van der Waals surface area contributed by atoms with Crippen LogP contribution in [0.3, 0.4) is 0 Å². The van der Waals surface area contributed by atoms with Crippen molar-refractivity contribution in [3.05, 3.63) is 65.2 Å². The average molecular weight is 303 g/mol. The highest BCUT2D eigenvalue weighted by molar-refractivity contribution is 6.31. The van der Waals surface area contributed by atoms with E-state index in [9.17, 15) is 0 Å². The van der Waals surface area contributed by atoms with Gasteiger partial charge in [0.2, 0.25) is 0 Å². The molecule has 0 bridgehead atoms. The molecule has 2 rings (SSSR count). The molecule has 0 aliphatic carbocycles. The van der Waals surface area contributed by atoms with Gasteiger partial charge in [-0.3, -0.25) is 0 Å². The van der Waals surface area contributed by atoms with Gasteiger partial charge in [0.25, 0.3) is 0 Å². The van der Waals surface area contributed by atoms with Gasteiger partial charge in [-0.1, -0.05) is 48.0 Å². The summed E-state index contributed by atoms with van der Waals surface area (Å²) >= 11 is 6.21. The van der Waals surface area contributed by atoms with Gasteiger partial charge in [0.05, 0.1) is 0 Å². The minimum Gasteiger partial charge on any atom is -0.375 e. The van der Waals surface area contributed by atoms with Crippen LogP contribution >= 0.6 is 11.6 Å². The highest BCUT2D eigenvalue weighted by Crippen LogP contribution is 2.21. The Morgan fingerprint density at radius 1 is 1.05 bits per heavy atom. The van der Waals surface area contributed by atoms with Gasteiger partial charge in [0.1, 0.15) is 0 Å². The molecule has 0 radical (unpaired) electrons. The van der Waals surface area contributed by atoms with Gasteiger partial charge in [-0.15, -0.1) is 0 Å². The molecule has 2 aromatic rings. The second-order valence-electron chi connectivity index (χ2n) is 5.31. The average Bonchev–Trinajstić information content (AvgIpc) is 2.52. The van der Waals surface area contributed by atoms with Crippen molar-refractivity contribution < 1.29 is 0 Å². The van der Waals surface area contributed by atoms with E-state index in [1.807, 2.05) is 24.3 Å². The molecule has 0 fully saturated rings. The van der Waals surface area contributed by atoms with E-state index in [0.29, 0.717) is 0 Å². The lowest BCUT2D eigenvalue weighted by Crippen LogP contribution is -2.25. The van der Waals surface area contributed by atoms with E-state index < -0.39 is 0 Å². The molecule has 0 amide bonds. The molecule has 2 nitrogen and oxygen atoms in total. The van der Waals surface area contributed by atoms with Crippen molar-refractivity contribution in [2.24, 2.45) is 0 Å². The van der Waals surface area contributed by atoms with Crippen molar-refractivity contribution in [1.29, 1.82) is 0 Å². The molecule has 112 valence electrons. The van der Waals surface area contributed by atoms with Crippen molar-refractivity contribution in [2.45, 2.75) is 19.4 Å². The maximum Gasteiger partial charge on any atom is 0.0453 e. The van der Waals surface area contributed by atoms with Crippen LogP contribution in [0.4, 0.5) is 5.69 Å². The van der Waals surface area contributed by atoms with E-state index in [2.05, 4.69) is 54.5 Å². The summed E-state index contributed by atoms with van der Waals surface area (Å²) in [7, 11) is 2.13. The maximum atomic E-state index is 6.21. The fraction of sp³-hybridized carbons (Fsp3) is 0.333. The van der Waals surface area contributed by atoms with Crippen molar-refractivity contribution in [3.63, 3.8) is 0 Å². The van der Waals surface area contributed by atoms with Crippen molar-refractivity contribution in [1.82, 2.24) is 5.32 Å². The summed E-state index contributed by atoms with van der Waals surface area (Å²) in [6, 6.07) is 18.8. The SMILES string of the molecule is CC(NCCCN(C)c1ccccc1)c1ccccc1Cl. The molecule has 21 heavy (non-hydrogen) atoms. The van der Waals surface area contributed by atoms with Crippen LogP contribution in [0.2, 0.25) is 5.02 Å². The summed E-state index contributed by atoms with van der Waals surface area (Å²) < 4.78 is 0. The molecule has 1 N–H and O–H groups in total. The zero-order chi connectivity index (χ0) is 15.1. The van der Waals surface area contributed by atoms with E-state index in [1.54, 1.807) is 0 Å². The van der Waals surface area contributed by atoms with Crippen LogP contribution in [0, 0.1) is 0 Å². The van der Waals surface area contributed by atoms with Crippen LogP contribution < -0.4 is 10.2 Å². The molecule has 0 saturated carbocycles. The fourth-order valence-electron chi connectivity index (χ4n) is 2.38. The second-order valence-corrected chi connectivity index (χ2v) is 5.72. The highest BCUT2D eigenvalue weighted by atomic mass is 35.5. The monoisotopic (exact) mass is 302 g/mol. The first-order valence-electron chi connectivity index (χ1n) is 7.42. The first-order chi connectivity index (χ1) is 10.2. The Bertz CT molecular complexity index is 542. The van der Waals surface area contributed by atoms with Gasteiger partial charge in [0, 0.05) is 30.3 Å². The predicted molar refractivity (Wildman–Crippen MR) is 92.2 cm³/mol. The summed E-state index contributed by atoms with van der Waals surface area (Å²) in [6.45, 7) is 4.16. The van der Waals surface area contributed by atoms with E-state index in [-0.39, 0.29) is 6.04 Å². The topological polar surface area (TPSA) is 15.3 Å². The number of nitrogens with one attached hydrogen (secondary N) is 1. The van der Waals surface area contributed by atoms with E-state index in [0.717, 1.165) is 30.1 Å². The number of para-hydroxylation sites is 1. The van der Waals surface area contributed by atoms with Crippen molar-refractivity contribution >= 4 is 17.3 Å². The third-order valence-corrected chi connectivity index (χ3v) is 4.03. The Morgan fingerprint density at radius 2 is 1.71 bits per heavy atom.